The molecule has 1 fully saturated rings. The second kappa shape index (κ2) is 6.56. The average Bonchev–Trinajstić information content (AvgIpc) is 3.21. The molecule has 28 heavy (non-hydrogen) atoms. The van der Waals surface area contributed by atoms with E-state index in [0.29, 0.717) is 16.6 Å². The minimum Gasteiger partial charge on any atom is -0.319 e. The predicted molar refractivity (Wildman–Crippen MR) is 106 cm³/mol. The normalized spacial score (nSPS) is 19.6. The van der Waals surface area contributed by atoms with Gasteiger partial charge in [0, 0.05) is 17.6 Å². The zero-order valence-corrected chi connectivity index (χ0v) is 16.6. The molecular weight excluding hydrogens is 376 g/mol. The molecule has 3 aromatic rings. The molecule has 8 heteroatoms. The largest absolute Gasteiger partial charge is 0.325 e. The molecule has 3 heterocycles. The minimum atomic E-state index is -1.14. The Balaban J connectivity index is 1.63. The van der Waals surface area contributed by atoms with E-state index in [1.54, 1.807) is 18.5 Å². The molecule has 1 aliphatic heterocycles. The fourth-order valence-electron chi connectivity index (χ4n) is 3.37. The Hall–Kier alpha value is -3.00. The molecule has 0 radical (unpaired) electrons. The zero-order chi connectivity index (χ0) is 20.1. The Labute approximate surface area is 165 Å². The van der Waals surface area contributed by atoms with Crippen molar-refractivity contribution in [3.63, 3.8) is 0 Å². The van der Waals surface area contributed by atoms with Crippen LogP contribution in [0.25, 0.3) is 4.96 Å². The highest BCUT2D eigenvalue weighted by Crippen LogP contribution is 2.30. The molecule has 3 amide bonds. The number of nitrogens with one attached hydrogen (secondary N) is 1. The predicted octanol–water partition coefficient (Wildman–Crippen LogP) is 2.85. The van der Waals surface area contributed by atoms with Crippen molar-refractivity contribution >= 4 is 28.2 Å². The second-order valence-corrected chi connectivity index (χ2v) is 8.24. The van der Waals surface area contributed by atoms with Crippen LogP contribution in [0.4, 0.5) is 4.79 Å². The number of fused-ring (bicyclic) bond motifs is 1. The highest BCUT2D eigenvalue weighted by atomic mass is 32.1. The van der Waals surface area contributed by atoms with E-state index in [-0.39, 0.29) is 18.0 Å². The maximum atomic E-state index is 13.1. The molecule has 4 rings (SSSR count). The minimum absolute atomic E-state index is 0.0476. The lowest BCUT2D eigenvalue weighted by atomic mass is 9.90. The topological polar surface area (TPSA) is 83.8 Å². The number of aromatic nitrogens is 2. The van der Waals surface area contributed by atoms with Gasteiger partial charge in [-0.05, 0) is 24.0 Å². The molecule has 0 aliphatic carbocycles. The molecule has 0 spiro atoms. The number of urea groups is 1. The molecule has 2 aromatic heterocycles. The molecule has 0 bridgehead atoms. The SMILES string of the molecule is CC(C)c1ccc([C@@]2(C)NC(=O)N(Cc3cc(=O)n4ccsc4n3)C2=O)cc1. The summed E-state index contributed by atoms with van der Waals surface area (Å²) in [7, 11) is 0. The number of hydrogen-bond donors (Lipinski definition) is 1. The summed E-state index contributed by atoms with van der Waals surface area (Å²) >= 11 is 1.32. The highest BCUT2D eigenvalue weighted by molar-refractivity contribution is 7.15. The van der Waals surface area contributed by atoms with Crippen LogP contribution in [-0.4, -0.2) is 26.2 Å². The number of thiazole rings is 1. The van der Waals surface area contributed by atoms with Gasteiger partial charge in [-0.1, -0.05) is 38.1 Å². The number of hydrogen-bond acceptors (Lipinski definition) is 5. The third-order valence-corrected chi connectivity index (χ3v) is 5.86. The van der Waals surface area contributed by atoms with Gasteiger partial charge in [-0.3, -0.25) is 18.9 Å². The monoisotopic (exact) mass is 396 g/mol. The van der Waals surface area contributed by atoms with E-state index in [1.165, 1.54) is 21.8 Å². The summed E-state index contributed by atoms with van der Waals surface area (Å²) in [5.41, 5.74) is 0.888. The first-order valence-electron chi connectivity index (χ1n) is 9.00. The van der Waals surface area contributed by atoms with Gasteiger partial charge in [-0.15, -0.1) is 11.3 Å². The summed E-state index contributed by atoms with van der Waals surface area (Å²) < 4.78 is 1.43. The van der Waals surface area contributed by atoms with Crippen molar-refractivity contribution in [2.75, 3.05) is 0 Å². The summed E-state index contributed by atoms with van der Waals surface area (Å²) in [6.07, 6.45) is 1.64. The quantitative estimate of drug-likeness (QED) is 0.688. The van der Waals surface area contributed by atoms with Crippen LogP contribution in [0.3, 0.4) is 0 Å². The number of rotatable bonds is 4. The van der Waals surface area contributed by atoms with Gasteiger partial charge >= 0.3 is 6.03 Å². The highest BCUT2D eigenvalue weighted by Gasteiger charge is 2.49. The van der Waals surface area contributed by atoms with Crippen LogP contribution >= 0.6 is 11.3 Å². The van der Waals surface area contributed by atoms with Crippen LogP contribution in [-0.2, 0) is 16.9 Å². The third kappa shape index (κ3) is 2.90. The molecule has 1 atom stereocenters. The maximum absolute atomic E-state index is 13.1. The maximum Gasteiger partial charge on any atom is 0.325 e. The van der Waals surface area contributed by atoms with Crippen molar-refractivity contribution in [2.24, 2.45) is 0 Å². The molecule has 7 nitrogen and oxygen atoms in total. The van der Waals surface area contributed by atoms with Crippen LogP contribution in [0, 0.1) is 0 Å². The van der Waals surface area contributed by atoms with E-state index in [1.807, 2.05) is 24.3 Å². The Morgan fingerprint density at radius 3 is 2.57 bits per heavy atom. The number of benzene rings is 1. The van der Waals surface area contributed by atoms with Crippen molar-refractivity contribution in [1.82, 2.24) is 19.6 Å². The van der Waals surface area contributed by atoms with Crippen molar-refractivity contribution in [3.8, 4) is 0 Å². The van der Waals surface area contributed by atoms with Gasteiger partial charge in [0.05, 0.1) is 12.2 Å². The van der Waals surface area contributed by atoms with Gasteiger partial charge in [0.15, 0.2) is 4.96 Å². The zero-order valence-electron chi connectivity index (χ0n) is 15.8. The van der Waals surface area contributed by atoms with Gasteiger partial charge in [0.1, 0.15) is 5.54 Å². The third-order valence-electron chi connectivity index (χ3n) is 5.11. The van der Waals surface area contributed by atoms with Gasteiger partial charge < -0.3 is 5.32 Å². The first-order chi connectivity index (χ1) is 13.3. The summed E-state index contributed by atoms with van der Waals surface area (Å²) in [5, 5.41) is 4.55. The number of nitrogens with zero attached hydrogens (tertiary/aromatic N) is 3. The van der Waals surface area contributed by atoms with Gasteiger partial charge in [0.25, 0.3) is 11.5 Å². The first kappa shape index (κ1) is 18.4. The smallest absolute Gasteiger partial charge is 0.319 e. The Morgan fingerprint density at radius 2 is 1.89 bits per heavy atom. The summed E-state index contributed by atoms with van der Waals surface area (Å²) in [6.45, 7) is 5.85. The Morgan fingerprint density at radius 1 is 1.18 bits per heavy atom. The van der Waals surface area contributed by atoms with E-state index in [4.69, 9.17) is 0 Å². The molecule has 0 unspecified atom stereocenters. The van der Waals surface area contributed by atoms with Crippen LogP contribution < -0.4 is 10.9 Å². The lowest BCUT2D eigenvalue weighted by Gasteiger charge is -2.22. The van der Waals surface area contributed by atoms with Gasteiger partial charge in [-0.2, -0.15) is 0 Å². The summed E-state index contributed by atoms with van der Waals surface area (Å²) in [6, 6.07) is 8.56. The number of carbonyl (C=O) groups excluding carboxylic acids is 2. The standard InChI is InChI=1S/C20H20N4O3S/c1-12(2)13-4-6-14(7-5-13)20(3)17(26)24(18(27)22-20)11-15-10-16(25)23-8-9-28-19(23)21-15/h4-10,12H,11H2,1-3H3,(H,22,27)/t20-/m1/s1. The first-order valence-corrected chi connectivity index (χ1v) is 9.88. The van der Waals surface area contributed by atoms with E-state index in [0.717, 1.165) is 16.0 Å². The van der Waals surface area contributed by atoms with Crippen molar-refractivity contribution in [2.45, 2.75) is 38.8 Å². The molecule has 1 aromatic carbocycles. The second-order valence-electron chi connectivity index (χ2n) is 7.36. The summed E-state index contributed by atoms with van der Waals surface area (Å²) in [4.78, 5) is 43.8. The lowest BCUT2D eigenvalue weighted by Crippen LogP contribution is -2.40. The fraction of sp³-hybridized carbons (Fsp3) is 0.300. The molecular formula is C20H20N4O3S. The van der Waals surface area contributed by atoms with Crippen molar-refractivity contribution in [1.29, 1.82) is 0 Å². The van der Waals surface area contributed by atoms with Gasteiger partial charge in [-0.25, -0.2) is 9.78 Å². The van der Waals surface area contributed by atoms with Crippen LogP contribution in [0.5, 0.6) is 0 Å². The molecule has 1 saturated heterocycles. The molecule has 0 saturated carbocycles. The number of amides is 3. The van der Waals surface area contributed by atoms with Gasteiger partial charge in [0.2, 0.25) is 0 Å². The van der Waals surface area contributed by atoms with Crippen LogP contribution in [0.2, 0.25) is 0 Å². The Bertz CT molecular complexity index is 1130. The van der Waals surface area contributed by atoms with E-state index < -0.39 is 11.6 Å². The lowest BCUT2D eigenvalue weighted by molar-refractivity contribution is -0.131. The number of carbonyl (C=O) groups is 2. The van der Waals surface area contributed by atoms with E-state index in [9.17, 15) is 14.4 Å². The fourth-order valence-corrected chi connectivity index (χ4v) is 4.11. The van der Waals surface area contributed by atoms with Crippen molar-refractivity contribution in [3.05, 3.63) is 69.1 Å². The van der Waals surface area contributed by atoms with Crippen molar-refractivity contribution < 1.29 is 9.59 Å². The molecule has 1 N–H and O–H groups in total. The molecule has 144 valence electrons. The summed E-state index contributed by atoms with van der Waals surface area (Å²) in [5.74, 6) is 0.0209. The van der Waals surface area contributed by atoms with Crippen LogP contribution in [0.1, 0.15) is 43.5 Å². The molecule has 1 aliphatic rings. The van der Waals surface area contributed by atoms with E-state index in [2.05, 4.69) is 24.1 Å². The Kier molecular flexibility index (Phi) is 4.30. The van der Waals surface area contributed by atoms with Crippen LogP contribution in [0.15, 0.2) is 46.7 Å². The average molecular weight is 396 g/mol. The van der Waals surface area contributed by atoms with E-state index >= 15 is 0 Å². The number of imide groups is 1.